The zero-order chi connectivity index (χ0) is 14.2. The normalized spacial score (nSPS) is 11.6. The van der Waals surface area contributed by atoms with Crippen molar-refractivity contribution in [3.63, 3.8) is 0 Å². The predicted molar refractivity (Wildman–Crippen MR) is 87.1 cm³/mol. The average molecular weight is 269 g/mol. The lowest BCUT2D eigenvalue weighted by Gasteiger charge is -2.11. The molecule has 0 unspecified atom stereocenters. The number of aliphatic imine (C=N–C) groups is 1. The van der Waals surface area contributed by atoms with E-state index in [1.54, 1.807) is 0 Å². The van der Waals surface area contributed by atoms with Crippen LogP contribution in [0.15, 0.2) is 47.5 Å². The van der Waals surface area contributed by atoms with Gasteiger partial charge >= 0.3 is 0 Å². The van der Waals surface area contributed by atoms with Crippen molar-refractivity contribution in [2.75, 3.05) is 13.1 Å². The van der Waals surface area contributed by atoms with Gasteiger partial charge in [-0.05, 0) is 29.7 Å². The molecule has 20 heavy (non-hydrogen) atoms. The molecule has 0 aliphatic rings. The molecule has 0 atom stereocenters. The molecular formula is C17H23N3. The minimum absolute atomic E-state index is 0.695. The second-order valence-corrected chi connectivity index (χ2v) is 4.76. The van der Waals surface area contributed by atoms with Gasteiger partial charge in [-0.1, -0.05) is 49.4 Å². The Morgan fingerprint density at radius 3 is 2.60 bits per heavy atom. The second kappa shape index (κ2) is 7.53. The zero-order valence-corrected chi connectivity index (χ0v) is 12.3. The summed E-state index contributed by atoms with van der Waals surface area (Å²) < 4.78 is 0. The fraction of sp³-hybridized carbons (Fsp3) is 0.353. The predicted octanol–water partition coefficient (Wildman–Crippen LogP) is 3.30. The monoisotopic (exact) mass is 269 g/mol. The third-order valence-electron chi connectivity index (χ3n) is 3.17. The molecule has 0 radical (unpaired) electrons. The molecular weight excluding hydrogens is 246 g/mol. The van der Waals surface area contributed by atoms with Crippen LogP contribution in [0.5, 0.6) is 0 Å². The molecule has 0 saturated heterocycles. The minimum atomic E-state index is 0.695. The van der Waals surface area contributed by atoms with Crippen molar-refractivity contribution < 1.29 is 0 Å². The van der Waals surface area contributed by atoms with E-state index in [2.05, 4.69) is 71.9 Å². The Hall–Kier alpha value is -2.03. The summed E-state index contributed by atoms with van der Waals surface area (Å²) in [5.74, 6) is 0.891. The maximum Gasteiger partial charge on any atom is 0.191 e. The van der Waals surface area contributed by atoms with Gasteiger partial charge < -0.3 is 10.6 Å². The van der Waals surface area contributed by atoms with Crippen molar-refractivity contribution in [3.05, 3.63) is 48.0 Å². The maximum absolute atomic E-state index is 4.67. The van der Waals surface area contributed by atoms with Gasteiger partial charge in [0.15, 0.2) is 5.96 Å². The molecule has 3 nitrogen and oxygen atoms in total. The van der Waals surface area contributed by atoms with E-state index < -0.39 is 0 Å². The highest BCUT2D eigenvalue weighted by atomic mass is 15.2. The fourth-order valence-electron chi connectivity index (χ4n) is 2.18. The molecule has 0 saturated carbocycles. The van der Waals surface area contributed by atoms with Crippen LogP contribution >= 0.6 is 0 Å². The van der Waals surface area contributed by atoms with Crippen molar-refractivity contribution >= 4 is 16.7 Å². The third-order valence-corrected chi connectivity index (χ3v) is 3.17. The van der Waals surface area contributed by atoms with Crippen molar-refractivity contribution in [2.24, 2.45) is 4.99 Å². The van der Waals surface area contributed by atoms with Gasteiger partial charge in [0, 0.05) is 13.1 Å². The van der Waals surface area contributed by atoms with Crippen LogP contribution in [0, 0.1) is 0 Å². The molecule has 0 heterocycles. The number of fused-ring (bicyclic) bond motifs is 1. The van der Waals surface area contributed by atoms with Gasteiger partial charge in [0.2, 0.25) is 0 Å². The van der Waals surface area contributed by atoms with Crippen molar-refractivity contribution in [2.45, 2.75) is 26.8 Å². The molecule has 2 N–H and O–H groups in total. The minimum Gasteiger partial charge on any atom is -0.357 e. The molecule has 0 spiro atoms. The summed E-state index contributed by atoms with van der Waals surface area (Å²) in [6.07, 6.45) is 1.10. The van der Waals surface area contributed by atoms with Crippen LogP contribution < -0.4 is 10.6 Å². The molecule has 2 rings (SSSR count). The van der Waals surface area contributed by atoms with Gasteiger partial charge in [-0.25, -0.2) is 4.99 Å². The van der Waals surface area contributed by atoms with Crippen LogP contribution in [-0.4, -0.2) is 19.0 Å². The van der Waals surface area contributed by atoms with Gasteiger partial charge in [-0.2, -0.15) is 0 Å². The first kappa shape index (κ1) is 14.4. The molecule has 2 aromatic carbocycles. The topological polar surface area (TPSA) is 36.4 Å². The Morgan fingerprint density at radius 1 is 1.00 bits per heavy atom. The highest BCUT2D eigenvalue weighted by Crippen LogP contribution is 2.18. The summed E-state index contributed by atoms with van der Waals surface area (Å²) in [5, 5.41) is 9.15. The number of nitrogens with zero attached hydrogens (tertiary/aromatic N) is 1. The lowest BCUT2D eigenvalue weighted by atomic mass is 10.1. The molecule has 0 aliphatic heterocycles. The van der Waals surface area contributed by atoms with Gasteiger partial charge in [0.25, 0.3) is 0 Å². The van der Waals surface area contributed by atoms with E-state index in [9.17, 15) is 0 Å². The van der Waals surface area contributed by atoms with Crippen LogP contribution in [0.4, 0.5) is 0 Å². The summed E-state index contributed by atoms with van der Waals surface area (Å²) in [4.78, 5) is 4.67. The highest BCUT2D eigenvalue weighted by Gasteiger charge is 2.00. The molecule has 0 aliphatic carbocycles. The van der Waals surface area contributed by atoms with E-state index in [1.807, 2.05) is 0 Å². The summed E-state index contributed by atoms with van der Waals surface area (Å²) in [6.45, 7) is 6.76. The van der Waals surface area contributed by atoms with Gasteiger partial charge in [-0.15, -0.1) is 0 Å². The lowest BCUT2D eigenvalue weighted by Crippen LogP contribution is -2.37. The van der Waals surface area contributed by atoms with E-state index in [0.717, 1.165) is 25.5 Å². The Labute approximate surface area is 121 Å². The SMILES string of the molecule is CCCNC(=NCc1cccc2ccccc12)NCC. The Morgan fingerprint density at radius 2 is 1.80 bits per heavy atom. The molecule has 3 heteroatoms. The van der Waals surface area contributed by atoms with E-state index in [-0.39, 0.29) is 0 Å². The number of guanidine groups is 1. The first-order chi connectivity index (χ1) is 9.85. The van der Waals surface area contributed by atoms with E-state index in [0.29, 0.717) is 6.54 Å². The summed E-state index contributed by atoms with van der Waals surface area (Å²) in [6, 6.07) is 14.8. The van der Waals surface area contributed by atoms with Gasteiger partial charge in [-0.3, -0.25) is 0 Å². The number of benzene rings is 2. The van der Waals surface area contributed by atoms with Crippen LogP contribution in [0.1, 0.15) is 25.8 Å². The van der Waals surface area contributed by atoms with E-state index in [4.69, 9.17) is 0 Å². The van der Waals surface area contributed by atoms with Crippen LogP contribution in [0.2, 0.25) is 0 Å². The summed E-state index contributed by atoms with van der Waals surface area (Å²) in [5.41, 5.74) is 1.26. The summed E-state index contributed by atoms with van der Waals surface area (Å²) >= 11 is 0. The van der Waals surface area contributed by atoms with Crippen LogP contribution in [-0.2, 0) is 6.54 Å². The first-order valence-corrected chi connectivity index (χ1v) is 7.34. The average Bonchev–Trinajstić information content (AvgIpc) is 2.50. The summed E-state index contributed by atoms with van der Waals surface area (Å²) in [7, 11) is 0. The molecule has 0 aromatic heterocycles. The molecule has 0 fully saturated rings. The molecule has 0 amide bonds. The smallest absolute Gasteiger partial charge is 0.191 e. The number of hydrogen-bond acceptors (Lipinski definition) is 1. The quantitative estimate of drug-likeness (QED) is 0.645. The van der Waals surface area contributed by atoms with Crippen LogP contribution in [0.25, 0.3) is 10.8 Å². The third kappa shape index (κ3) is 3.73. The fourth-order valence-corrected chi connectivity index (χ4v) is 2.18. The zero-order valence-electron chi connectivity index (χ0n) is 12.3. The second-order valence-electron chi connectivity index (χ2n) is 4.76. The van der Waals surface area contributed by atoms with E-state index in [1.165, 1.54) is 16.3 Å². The van der Waals surface area contributed by atoms with Crippen molar-refractivity contribution in [1.29, 1.82) is 0 Å². The standard InChI is InChI=1S/C17H23N3/c1-3-12-19-17(18-4-2)20-13-15-10-7-9-14-8-5-6-11-16(14)15/h5-11H,3-4,12-13H2,1-2H3,(H2,18,19,20). The van der Waals surface area contributed by atoms with Crippen molar-refractivity contribution in [1.82, 2.24) is 10.6 Å². The van der Waals surface area contributed by atoms with Crippen molar-refractivity contribution in [3.8, 4) is 0 Å². The maximum atomic E-state index is 4.67. The largest absolute Gasteiger partial charge is 0.357 e. The number of rotatable bonds is 5. The van der Waals surface area contributed by atoms with E-state index >= 15 is 0 Å². The molecule has 0 bridgehead atoms. The van der Waals surface area contributed by atoms with Gasteiger partial charge in [0.1, 0.15) is 0 Å². The number of hydrogen-bond donors (Lipinski definition) is 2. The molecule has 106 valence electrons. The van der Waals surface area contributed by atoms with Gasteiger partial charge in [0.05, 0.1) is 6.54 Å². The number of nitrogens with one attached hydrogen (secondary N) is 2. The first-order valence-electron chi connectivity index (χ1n) is 7.34. The van der Waals surface area contributed by atoms with Crippen LogP contribution in [0.3, 0.4) is 0 Å². The Kier molecular flexibility index (Phi) is 5.42. The molecule has 2 aromatic rings. The highest BCUT2D eigenvalue weighted by molar-refractivity contribution is 5.86. The lowest BCUT2D eigenvalue weighted by molar-refractivity contribution is 0.786. The Bertz CT molecular complexity index is 570. The Balaban J connectivity index is 2.17.